The van der Waals surface area contributed by atoms with Gasteiger partial charge in [-0.2, -0.15) is 0 Å². The first-order chi connectivity index (χ1) is 17.7. The summed E-state index contributed by atoms with van der Waals surface area (Å²) in [5, 5.41) is 0. The Balaban J connectivity index is 1.34. The molecule has 4 rings (SSSR count). The van der Waals surface area contributed by atoms with Crippen LogP contribution in [-0.2, 0) is 9.53 Å². The summed E-state index contributed by atoms with van der Waals surface area (Å²) in [6, 6.07) is 0. The largest absolute Gasteiger partial charge is 0.462 e. The lowest BCUT2D eigenvalue weighted by molar-refractivity contribution is -0.151. The lowest BCUT2D eigenvalue weighted by Gasteiger charge is -2.58. The van der Waals surface area contributed by atoms with Gasteiger partial charge in [0.25, 0.3) is 0 Å². The molecule has 2 nitrogen and oxygen atoms in total. The molecule has 0 heterocycles. The van der Waals surface area contributed by atoms with Gasteiger partial charge in [-0.1, -0.05) is 98.1 Å². The molecule has 4 aliphatic carbocycles. The van der Waals surface area contributed by atoms with Crippen LogP contribution in [0.4, 0.5) is 0 Å². The van der Waals surface area contributed by atoms with Crippen LogP contribution in [0.3, 0.4) is 0 Å². The fourth-order valence-corrected chi connectivity index (χ4v) is 9.87. The van der Waals surface area contributed by atoms with Gasteiger partial charge in [-0.3, -0.25) is 4.79 Å². The number of hydrogen-bond acceptors (Lipinski definition) is 2. The fourth-order valence-electron chi connectivity index (χ4n) is 9.87. The van der Waals surface area contributed by atoms with Gasteiger partial charge < -0.3 is 4.74 Å². The van der Waals surface area contributed by atoms with Gasteiger partial charge in [0.2, 0.25) is 0 Å². The van der Waals surface area contributed by atoms with Crippen LogP contribution in [0.15, 0.2) is 11.6 Å². The van der Waals surface area contributed by atoms with Crippen LogP contribution in [-0.4, -0.2) is 12.1 Å². The molecule has 37 heavy (non-hydrogen) atoms. The van der Waals surface area contributed by atoms with Crippen LogP contribution in [0.2, 0.25) is 0 Å². The maximum absolute atomic E-state index is 12.5. The first-order valence-electron chi connectivity index (χ1n) is 16.6. The molecule has 0 amide bonds. The Morgan fingerprint density at radius 3 is 2.49 bits per heavy atom. The molecule has 0 aromatic rings. The van der Waals surface area contributed by atoms with Crippen molar-refractivity contribution in [3.8, 4) is 0 Å². The molecule has 0 aromatic heterocycles. The van der Waals surface area contributed by atoms with Gasteiger partial charge in [-0.25, -0.2) is 0 Å². The van der Waals surface area contributed by atoms with Gasteiger partial charge in [0.15, 0.2) is 0 Å². The van der Waals surface area contributed by atoms with Crippen molar-refractivity contribution in [2.24, 2.45) is 46.3 Å². The molecule has 0 saturated heterocycles. The number of rotatable bonds is 12. The fraction of sp³-hybridized carbons (Fsp3) is 0.914. The predicted molar refractivity (Wildman–Crippen MR) is 156 cm³/mol. The quantitative estimate of drug-likeness (QED) is 0.148. The molecule has 8 atom stereocenters. The molecule has 3 fully saturated rings. The average molecular weight is 513 g/mol. The first kappa shape index (κ1) is 29.2. The van der Waals surface area contributed by atoms with Crippen LogP contribution in [0, 0.1) is 46.3 Å². The predicted octanol–water partition coefficient (Wildman–Crippen LogP) is 10.3. The van der Waals surface area contributed by atoms with E-state index in [1.54, 1.807) is 5.57 Å². The Morgan fingerprint density at radius 1 is 0.946 bits per heavy atom. The van der Waals surface area contributed by atoms with Crippen LogP contribution in [0.1, 0.15) is 151 Å². The summed E-state index contributed by atoms with van der Waals surface area (Å²) in [6.07, 6.45) is 23.9. The Bertz CT molecular complexity index is 782. The third-order valence-electron chi connectivity index (χ3n) is 12.0. The van der Waals surface area contributed by atoms with Crippen molar-refractivity contribution in [2.75, 3.05) is 0 Å². The summed E-state index contributed by atoms with van der Waals surface area (Å²) in [7, 11) is 0. The van der Waals surface area contributed by atoms with Gasteiger partial charge in [-0.15, -0.1) is 0 Å². The van der Waals surface area contributed by atoms with Gasteiger partial charge >= 0.3 is 5.97 Å². The Morgan fingerprint density at radius 2 is 1.73 bits per heavy atom. The molecule has 0 aliphatic heterocycles. The molecule has 0 spiro atoms. The number of allylic oxidation sites excluding steroid dienone is 1. The molecule has 3 saturated carbocycles. The lowest BCUT2D eigenvalue weighted by Crippen LogP contribution is -2.51. The Hall–Kier alpha value is -0.790. The molecular formula is C35H60O2. The Labute approximate surface area is 230 Å². The standard InChI is InChI=1S/C35H60O2/c1-7-8-9-10-11-15-33(36)37-28-20-22-34(5)27(24-28)16-17-29-31-19-18-30(26(4)14-12-13-25(2)3)35(31,6)23-21-32(29)34/h16,25-26,28-32H,7-15,17-24H2,1-6H3/t26-,28+,29+,30+,31+,32+,34+,35-/m1/s1. The summed E-state index contributed by atoms with van der Waals surface area (Å²) < 4.78 is 6.02. The van der Waals surface area contributed by atoms with E-state index in [4.69, 9.17) is 4.74 Å². The van der Waals surface area contributed by atoms with Crippen LogP contribution in [0.5, 0.6) is 0 Å². The molecule has 0 N–H and O–H groups in total. The maximum atomic E-state index is 12.5. The van der Waals surface area contributed by atoms with E-state index in [0.717, 1.165) is 61.2 Å². The van der Waals surface area contributed by atoms with E-state index in [1.165, 1.54) is 77.0 Å². The molecule has 0 radical (unpaired) electrons. The molecule has 0 unspecified atom stereocenters. The highest BCUT2D eigenvalue weighted by atomic mass is 16.5. The SMILES string of the molecule is CCCCCCCC(=O)O[C@H]1CC[C@@]2(C)C(=CC[C@H]3[C@@H]4CC[C@@H]([C@H](C)CCCC(C)C)[C@@]4(C)CC[C@@H]32)C1. The summed E-state index contributed by atoms with van der Waals surface area (Å²) >= 11 is 0. The zero-order valence-electron chi connectivity index (χ0n) is 25.5. The molecule has 0 aromatic carbocycles. The highest BCUT2D eigenvalue weighted by Gasteiger charge is 2.59. The zero-order valence-corrected chi connectivity index (χ0v) is 25.5. The number of ether oxygens (including phenoxy) is 1. The molecule has 4 aliphatic rings. The van der Waals surface area contributed by atoms with Crippen molar-refractivity contribution in [1.29, 1.82) is 0 Å². The molecule has 2 heteroatoms. The van der Waals surface area contributed by atoms with Crippen LogP contribution >= 0.6 is 0 Å². The van der Waals surface area contributed by atoms with E-state index in [9.17, 15) is 4.79 Å². The van der Waals surface area contributed by atoms with E-state index in [1.807, 2.05) is 0 Å². The van der Waals surface area contributed by atoms with Gasteiger partial charge in [-0.05, 0) is 97.7 Å². The zero-order chi connectivity index (χ0) is 26.6. The minimum Gasteiger partial charge on any atom is -0.462 e. The monoisotopic (exact) mass is 512 g/mol. The number of carbonyl (C=O) groups is 1. The van der Waals surface area contributed by atoms with E-state index in [-0.39, 0.29) is 12.1 Å². The third-order valence-corrected chi connectivity index (χ3v) is 12.0. The number of esters is 1. The molecule has 212 valence electrons. The van der Waals surface area contributed by atoms with Gasteiger partial charge in [0.1, 0.15) is 6.10 Å². The number of fused-ring (bicyclic) bond motifs is 5. The highest BCUT2D eigenvalue weighted by Crippen LogP contribution is 2.67. The van der Waals surface area contributed by atoms with Crippen molar-refractivity contribution in [3.63, 3.8) is 0 Å². The lowest BCUT2D eigenvalue weighted by atomic mass is 9.47. The highest BCUT2D eigenvalue weighted by molar-refractivity contribution is 5.69. The third kappa shape index (κ3) is 6.35. The number of unbranched alkanes of at least 4 members (excludes halogenated alkanes) is 4. The molecule has 0 bridgehead atoms. The van der Waals surface area contributed by atoms with Crippen molar-refractivity contribution >= 4 is 5.97 Å². The van der Waals surface area contributed by atoms with E-state index >= 15 is 0 Å². The topological polar surface area (TPSA) is 26.3 Å². The first-order valence-corrected chi connectivity index (χ1v) is 16.6. The summed E-state index contributed by atoms with van der Waals surface area (Å²) in [6.45, 7) is 14.9. The second kappa shape index (κ2) is 12.6. The van der Waals surface area contributed by atoms with Crippen LogP contribution in [0.25, 0.3) is 0 Å². The van der Waals surface area contributed by atoms with Crippen molar-refractivity contribution in [3.05, 3.63) is 11.6 Å². The van der Waals surface area contributed by atoms with E-state index < -0.39 is 0 Å². The second-order valence-electron chi connectivity index (χ2n) is 14.8. The van der Waals surface area contributed by atoms with E-state index in [2.05, 4.69) is 47.6 Å². The van der Waals surface area contributed by atoms with Gasteiger partial charge in [0.05, 0.1) is 0 Å². The minimum absolute atomic E-state index is 0.0485. The minimum atomic E-state index is 0.0485. The van der Waals surface area contributed by atoms with Crippen molar-refractivity contribution in [2.45, 2.75) is 157 Å². The average Bonchev–Trinajstić information content (AvgIpc) is 3.21. The smallest absolute Gasteiger partial charge is 0.306 e. The Kier molecular flexibility index (Phi) is 9.94. The number of hydrogen-bond donors (Lipinski definition) is 0. The van der Waals surface area contributed by atoms with Gasteiger partial charge in [0, 0.05) is 12.8 Å². The van der Waals surface area contributed by atoms with E-state index in [0.29, 0.717) is 17.3 Å². The summed E-state index contributed by atoms with van der Waals surface area (Å²) in [5.74, 6) is 5.34. The summed E-state index contributed by atoms with van der Waals surface area (Å²) in [5.41, 5.74) is 2.54. The van der Waals surface area contributed by atoms with Crippen LogP contribution < -0.4 is 0 Å². The molecular weight excluding hydrogens is 452 g/mol. The van der Waals surface area contributed by atoms with Crippen molar-refractivity contribution in [1.82, 2.24) is 0 Å². The second-order valence-corrected chi connectivity index (χ2v) is 14.8. The number of carbonyl (C=O) groups excluding carboxylic acids is 1. The normalized spacial score (nSPS) is 37.9. The summed E-state index contributed by atoms with van der Waals surface area (Å²) in [4.78, 5) is 12.5. The maximum Gasteiger partial charge on any atom is 0.306 e. The van der Waals surface area contributed by atoms with Crippen molar-refractivity contribution < 1.29 is 9.53 Å².